The molecular formula is C20H29N3O3. The molecule has 1 aromatic rings. The largest absolute Gasteiger partial charge is 0.368 e. The molecule has 1 atom stereocenters. The van der Waals surface area contributed by atoms with Gasteiger partial charge in [0.2, 0.25) is 17.7 Å². The van der Waals surface area contributed by atoms with Gasteiger partial charge in [0.15, 0.2) is 0 Å². The first-order chi connectivity index (χ1) is 12.5. The van der Waals surface area contributed by atoms with Crippen LogP contribution in [-0.4, -0.2) is 30.3 Å². The molecule has 0 spiro atoms. The molecular weight excluding hydrogens is 330 g/mol. The highest BCUT2D eigenvalue weighted by atomic mass is 16.2. The van der Waals surface area contributed by atoms with E-state index in [2.05, 4.69) is 10.6 Å². The number of hydrogen-bond acceptors (Lipinski definition) is 3. The molecule has 1 fully saturated rings. The van der Waals surface area contributed by atoms with Crippen molar-refractivity contribution in [2.45, 2.75) is 57.4 Å². The molecule has 1 unspecified atom stereocenters. The van der Waals surface area contributed by atoms with Crippen molar-refractivity contribution in [1.29, 1.82) is 0 Å². The van der Waals surface area contributed by atoms with E-state index in [1.54, 1.807) is 0 Å². The van der Waals surface area contributed by atoms with Crippen LogP contribution in [0.1, 0.15) is 50.5 Å². The van der Waals surface area contributed by atoms with E-state index in [4.69, 9.17) is 5.73 Å². The van der Waals surface area contributed by atoms with E-state index in [1.165, 1.54) is 6.42 Å². The number of hydrogen-bond donors (Lipinski definition) is 3. The summed E-state index contributed by atoms with van der Waals surface area (Å²) in [6.07, 6.45) is 6.62. The topological polar surface area (TPSA) is 101 Å². The lowest BCUT2D eigenvalue weighted by molar-refractivity contribution is -0.130. The maximum atomic E-state index is 12.2. The van der Waals surface area contributed by atoms with Gasteiger partial charge in [0.05, 0.1) is 6.42 Å². The third kappa shape index (κ3) is 7.25. The first-order valence-electron chi connectivity index (χ1n) is 9.44. The molecule has 1 saturated carbocycles. The lowest BCUT2D eigenvalue weighted by Gasteiger charge is -2.22. The van der Waals surface area contributed by atoms with Crippen LogP contribution in [0, 0.1) is 5.92 Å². The monoisotopic (exact) mass is 359 g/mol. The summed E-state index contributed by atoms with van der Waals surface area (Å²) in [5, 5.41) is 5.40. The third-order valence-electron chi connectivity index (χ3n) is 4.85. The number of benzene rings is 1. The quantitative estimate of drug-likeness (QED) is 0.625. The average molecular weight is 359 g/mol. The molecule has 0 radical (unpaired) electrons. The van der Waals surface area contributed by atoms with Crippen LogP contribution in [-0.2, 0) is 20.8 Å². The Morgan fingerprint density at radius 3 is 2.38 bits per heavy atom. The lowest BCUT2D eigenvalue weighted by atomic mass is 9.87. The highest BCUT2D eigenvalue weighted by Gasteiger charge is 2.23. The van der Waals surface area contributed by atoms with Crippen molar-refractivity contribution in [3.05, 3.63) is 35.9 Å². The summed E-state index contributed by atoms with van der Waals surface area (Å²) in [5.74, 6) is -0.794. The zero-order chi connectivity index (χ0) is 18.8. The van der Waals surface area contributed by atoms with Gasteiger partial charge in [-0.2, -0.15) is 0 Å². The number of rotatable bonds is 9. The van der Waals surface area contributed by atoms with Crippen molar-refractivity contribution in [3.63, 3.8) is 0 Å². The fourth-order valence-electron chi connectivity index (χ4n) is 3.38. The third-order valence-corrected chi connectivity index (χ3v) is 4.85. The van der Waals surface area contributed by atoms with Gasteiger partial charge in [-0.25, -0.2) is 0 Å². The maximum Gasteiger partial charge on any atom is 0.240 e. The molecule has 0 saturated heterocycles. The Bertz CT molecular complexity index is 598. The fourth-order valence-corrected chi connectivity index (χ4v) is 3.38. The Labute approximate surface area is 154 Å². The van der Waals surface area contributed by atoms with Crippen LogP contribution in [0.25, 0.3) is 0 Å². The predicted molar refractivity (Wildman–Crippen MR) is 100 cm³/mol. The molecule has 6 nitrogen and oxygen atoms in total. The minimum absolute atomic E-state index is 0.124. The van der Waals surface area contributed by atoms with Crippen LogP contribution in [0.15, 0.2) is 30.3 Å². The summed E-state index contributed by atoms with van der Waals surface area (Å²) >= 11 is 0. The van der Waals surface area contributed by atoms with Gasteiger partial charge in [0, 0.05) is 13.0 Å². The molecule has 3 amide bonds. The highest BCUT2D eigenvalue weighted by Crippen LogP contribution is 2.26. The number of nitrogens with two attached hydrogens (primary N) is 1. The van der Waals surface area contributed by atoms with Gasteiger partial charge in [0.1, 0.15) is 6.04 Å². The summed E-state index contributed by atoms with van der Waals surface area (Å²) < 4.78 is 0. The molecule has 0 bridgehead atoms. The smallest absolute Gasteiger partial charge is 0.240 e. The van der Waals surface area contributed by atoms with Crippen LogP contribution in [0.3, 0.4) is 0 Å². The van der Waals surface area contributed by atoms with Gasteiger partial charge in [0.25, 0.3) is 0 Å². The molecule has 2 rings (SSSR count). The van der Waals surface area contributed by atoms with E-state index in [0.29, 0.717) is 25.3 Å². The molecule has 6 heteroatoms. The molecule has 1 aromatic carbocycles. The van der Waals surface area contributed by atoms with Gasteiger partial charge in [-0.15, -0.1) is 0 Å². The van der Waals surface area contributed by atoms with E-state index in [9.17, 15) is 14.4 Å². The molecule has 26 heavy (non-hydrogen) atoms. The Kier molecular flexibility index (Phi) is 8.12. The van der Waals surface area contributed by atoms with Crippen LogP contribution in [0.4, 0.5) is 0 Å². The molecule has 142 valence electrons. The standard InChI is InChI=1S/C20H29N3O3/c21-20(26)17(23-19(25)13-16-9-5-2-6-10-16)14-18(24)22-12-11-15-7-3-1-4-8-15/h1,3-4,7-8,16-17H,2,5-6,9-14H2,(H2,21,26)(H,22,24)(H,23,25). The number of carbonyl (C=O) groups excluding carboxylic acids is 3. The SMILES string of the molecule is NC(=O)C(CC(=O)NCCc1ccccc1)NC(=O)CC1CCCCC1. The predicted octanol–water partition coefficient (Wildman–Crippen LogP) is 1.68. The molecule has 0 aliphatic heterocycles. The molecule has 1 aliphatic rings. The number of carbonyl (C=O) groups is 3. The van der Waals surface area contributed by atoms with Crippen molar-refractivity contribution in [2.75, 3.05) is 6.54 Å². The van der Waals surface area contributed by atoms with Gasteiger partial charge in [-0.3, -0.25) is 14.4 Å². The number of primary amides is 1. The molecule has 4 N–H and O–H groups in total. The number of amides is 3. The summed E-state index contributed by atoms with van der Waals surface area (Å²) in [7, 11) is 0. The van der Waals surface area contributed by atoms with Gasteiger partial charge < -0.3 is 16.4 Å². The van der Waals surface area contributed by atoms with E-state index < -0.39 is 11.9 Å². The second-order valence-electron chi connectivity index (χ2n) is 7.02. The van der Waals surface area contributed by atoms with Crippen molar-refractivity contribution in [3.8, 4) is 0 Å². The zero-order valence-electron chi connectivity index (χ0n) is 15.2. The van der Waals surface area contributed by atoms with Gasteiger partial charge in [-0.05, 0) is 30.7 Å². The van der Waals surface area contributed by atoms with Crippen LogP contribution in [0.5, 0.6) is 0 Å². The summed E-state index contributed by atoms with van der Waals surface area (Å²) in [6.45, 7) is 0.477. The van der Waals surface area contributed by atoms with Crippen molar-refractivity contribution in [2.24, 2.45) is 11.7 Å². The molecule has 0 aromatic heterocycles. The van der Waals surface area contributed by atoms with Crippen molar-refractivity contribution in [1.82, 2.24) is 10.6 Å². The zero-order valence-corrected chi connectivity index (χ0v) is 15.2. The van der Waals surface area contributed by atoms with Crippen LogP contribution in [0.2, 0.25) is 0 Å². The lowest BCUT2D eigenvalue weighted by Crippen LogP contribution is -2.47. The Morgan fingerprint density at radius 2 is 1.73 bits per heavy atom. The fraction of sp³-hybridized carbons (Fsp3) is 0.550. The van der Waals surface area contributed by atoms with Crippen LogP contribution >= 0.6 is 0 Å². The van der Waals surface area contributed by atoms with Gasteiger partial charge in [-0.1, -0.05) is 49.6 Å². The molecule has 1 aliphatic carbocycles. The summed E-state index contributed by atoms with van der Waals surface area (Å²) in [4.78, 5) is 35.8. The second-order valence-corrected chi connectivity index (χ2v) is 7.02. The molecule has 0 heterocycles. The normalized spacial score (nSPS) is 15.8. The van der Waals surface area contributed by atoms with E-state index in [1.807, 2.05) is 30.3 Å². The highest BCUT2D eigenvalue weighted by molar-refractivity contribution is 5.91. The van der Waals surface area contributed by atoms with Crippen LogP contribution < -0.4 is 16.4 Å². The first-order valence-corrected chi connectivity index (χ1v) is 9.44. The Balaban J connectivity index is 1.72. The van der Waals surface area contributed by atoms with Gasteiger partial charge >= 0.3 is 0 Å². The van der Waals surface area contributed by atoms with Crippen molar-refractivity contribution < 1.29 is 14.4 Å². The first kappa shape index (κ1) is 19.9. The van der Waals surface area contributed by atoms with Crippen molar-refractivity contribution >= 4 is 17.7 Å². The van der Waals surface area contributed by atoms with E-state index in [0.717, 1.165) is 31.2 Å². The average Bonchev–Trinajstić information content (AvgIpc) is 2.63. The minimum atomic E-state index is -0.956. The van der Waals surface area contributed by atoms with E-state index >= 15 is 0 Å². The Hall–Kier alpha value is -2.37. The minimum Gasteiger partial charge on any atom is -0.368 e. The maximum absolute atomic E-state index is 12.2. The van der Waals surface area contributed by atoms with E-state index in [-0.39, 0.29) is 18.2 Å². The Morgan fingerprint density at radius 1 is 1.04 bits per heavy atom. The second kappa shape index (κ2) is 10.6. The summed E-state index contributed by atoms with van der Waals surface area (Å²) in [6, 6.07) is 8.86. The number of nitrogens with one attached hydrogen (secondary N) is 2. The summed E-state index contributed by atoms with van der Waals surface area (Å²) in [5.41, 5.74) is 6.48.